The summed E-state index contributed by atoms with van der Waals surface area (Å²) in [6, 6.07) is 2.18. The standard InChI is InChI=1S/C11H13FO4/c1-3-7-8(10(13)11(14)15)4-6(12)5-9(7)16-2/h4-5,10,13H,3H2,1-2H3,(H,14,15). The van der Waals surface area contributed by atoms with Gasteiger partial charge in [0.1, 0.15) is 11.6 Å². The SMILES string of the molecule is CCc1c(OC)cc(F)cc1C(O)C(=O)O. The molecule has 0 aliphatic heterocycles. The molecule has 0 saturated heterocycles. The maximum Gasteiger partial charge on any atom is 0.337 e. The summed E-state index contributed by atoms with van der Waals surface area (Å²) >= 11 is 0. The van der Waals surface area contributed by atoms with Gasteiger partial charge in [0.25, 0.3) is 0 Å². The monoisotopic (exact) mass is 228 g/mol. The van der Waals surface area contributed by atoms with E-state index in [2.05, 4.69) is 0 Å². The molecule has 1 atom stereocenters. The van der Waals surface area contributed by atoms with E-state index in [1.54, 1.807) is 6.92 Å². The Kier molecular flexibility index (Phi) is 3.84. The molecule has 4 nitrogen and oxygen atoms in total. The van der Waals surface area contributed by atoms with Gasteiger partial charge >= 0.3 is 5.97 Å². The molecule has 0 spiro atoms. The Bertz CT molecular complexity index is 403. The summed E-state index contributed by atoms with van der Waals surface area (Å²) in [5.41, 5.74) is 0.533. The second-order valence-corrected chi connectivity index (χ2v) is 3.27. The number of hydrogen-bond acceptors (Lipinski definition) is 3. The average Bonchev–Trinajstić information content (AvgIpc) is 2.26. The lowest BCUT2D eigenvalue weighted by Gasteiger charge is -2.15. The van der Waals surface area contributed by atoms with Gasteiger partial charge < -0.3 is 14.9 Å². The third-order valence-electron chi connectivity index (χ3n) is 2.31. The minimum Gasteiger partial charge on any atom is -0.496 e. The number of ether oxygens (including phenoxy) is 1. The van der Waals surface area contributed by atoms with Crippen molar-refractivity contribution in [3.8, 4) is 5.75 Å². The first-order valence-corrected chi connectivity index (χ1v) is 4.78. The van der Waals surface area contributed by atoms with Crippen molar-refractivity contribution < 1.29 is 24.1 Å². The van der Waals surface area contributed by atoms with Crippen molar-refractivity contribution in [2.45, 2.75) is 19.4 Å². The maximum absolute atomic E-state index is 13.2. The van der Waals surface area contributed by atoms with Crippen LogP contribution >= 0.6 is 0 Å². The second-order valence-electron chi connectivity index (χ2n) is 3.27. The molecule has 0 amide bonds. The molecule has 0 saturated carbocycles. The average molecular weight is 228 g/mol. The van der Waals surface area contributed by atoms with Gasteiger partial charge in [-0.3, -0.25) is 0 Å². The molecule has 16 heavy (non-hydrogen) atoms. The maximum atomic E-state index is 13.2. The Hall–Kier alpha value is -1.62. The number of carboxylic acids is 1. The molecule has 0 aliphatic carbocycles. The smallest absolute Gasteiger partial charge is 0.337 e. The third-order valence-corrected chi connectivity index (χ3v) is 2.31. The fraction of sp³-hybridized carbons (Fsp3) is 0.364. The number of carbonyl (C=O) groups is 1. The topological polar surface area (TPSA) is 66.8 Å². The molecular weight excluding hydrogens is 215 g/mol. The summed E-state index contributed by atoms with van der Waals surface area (Å²) in [5.74, 6) is -1.80. The first-order chi connectivity index (χ1) is 7.51. The molecule has 0 heterocycles. The highest BCUT2D eigenvalue weighted by Gasteiger charge is 2.22. The van der Waals surface area contributed by atoms with Crippen molar-refractivity contribution in [3.05, 3.63) is 29.1 Å². The van der Waals surface area contributed by atoms with Crippen LogP contribution in [0.4, 0.5) is 4.39 Å². The third kappa shape index (κ3) is 2.30. The molecular formula is C11H13FO4. The van der Waals surface area contributed by atoms with E-state index < -0.39 is 17.9 Å². The van der Waals surface area contributed by atoms with Crippen LogP contribution in [0.5, 0.6) is 5.75 Å². The van der Waals surface area contributed by atoms with Gasteiger partial charge in [-0.1, -0.05) is 6.92 Å². The summed E-state index contributed by atoms with van der Waals surface area (Å²) in [5, 5.41) is 18.1. The van der Waals surface area contributed by atoms with Crippen LogP contribution < -0.4 is 4.74 Å². The van der Waals surface area contributed by atoms with E-state index in [1.165, 1.54) is 7.11 Å². The van der Waals surface area contributed by atoms with Gasteiger partial charge in [-0.15, -0.1) is 0 Å². The van der Waals surface area contributed by atoms with Crippen LogP contribution in [0.25, 0.3) is 0 Å². The van der Waals surface area contributed by atoms with Gasteiger partial charge in [0, 0.05) is 17.2 Å². The molecule has 0 fully saturated rings. The van der Waals surface area contributed by atoms with Gasteiger partial charge in [-0.05, 0) is 12.5 Å². The zero-order valence-corrected chi connectivity index (χ0v) is 9.03. The lowest BCUT2D eigenvalue weighted by Crippen LogP contribution is -2.13. The predicted molar refractivity (Wildman–Crippen MR) is 54.9 cm³/mol. The fourth-order valence-corrected chi connectivity index (χ4v) is 1.57. The minimum atomic E-state index is -1.74. The zero-order valence-electron chi connectivity index (χ0n) is 9.03. The van der Waals surface area contributed by atoms with Crippen LogP contribution in [-0.2, 0) is 11.2 Å². The molecule has 0 radical (unpaired) electrons. The van der Waals surface area contributed by atoms with Gasteiger partial charge in [-0.2, -0.15) is 0 Å². The van der Waals surface area contributed by atoms with Gasteiger partial charge in [0.15, 0.2) is 6.10 Å². The highest BCUT2D eigenvalue weighted by molar-refractivity contribution is 5.75. The van der Waals surface area contributed by atoms with Crippen molar-refractivity contribution in [2.75, 3.05) is 7.11 Å². The molecule has 1 unspecified atom stereocenters. The molecule has 1 rings (SSSR count). The van der Waals surface area contributed by atoms with Crippen LogP contribution in [0.15, 0.2) is 12.1 Å². The van der Waals surface area contributed by atoms with E-state index in [9.17, 15) is 14.3 Å². The number of methoxy groups -OCH3 is 1. The number of hydrogen-bond donors (Lipinski definition) is 2. The molecule has 0 aliphatic rings. The van der Waals surface area contributed by atoms with Crippen molar-refractivity contribution in [1.29, 1.82) is 0 Å². The van der Waals surface area contributed by atoms with E-state index in [1.807, 2.05) is 0 Å². The number of aliphatic hydroxyl groups is 1. The molecule has 5 heteroatoms. The second kappa shape index (κ2) is 4.94. The van der Waals surface area contributed by atoms with E-state index >= 15 is 0 Å². The number of aliphatic carboxylic acids is 1. The summed E-state index contributed by atoms with van der Waals surface area (Å²) in [6.45, 7) is 1.77. The van der Waals surface area contributed by atoms with Crippen molar-refractivity contribution in [3.63, 3.8) is 0 Å². The molecule has 88 valence electrons. The number of aliphatic hydroxyl groups excluding tert-OH is 1. The predicted octanol–water partition coefficient (Wildman–Crippen LogP) is 1.51. The summed E-state index contributed by atoms with van der Waals surface area (Å²) in [7, 11) is 1.37. The number of halogens is 1. The fourth-order valence-electron chi connectivity index (χ4n) is 1.57. The number of carboxylic acid groups (broad SMARTS) is 1. The van der Waals surface area contributed by atoms with Crippen LogP contribution in [0.1, 0.15) is 24.2 Å². The molecule has 0 bridgehead atoms. The lowest BCUT2D eigenvalue weighted by atomic mass is 9.99. The van der Waals surface area contributed by atoms with Crippen molar-refractivity contribution in [2.24, 2.45) is 0 Å². The Morgan fingerprint density at radius 1 is 1.56 bits per heavy atom. The molecule has 2 N–H and O–H groups in total. The van der Waals surface area contributed by atoms with Crippen molar-refractivity contribution in [1.82, 2.24) is 0 Å². The van der Waals surface area contributed by atoms with Gasteiger partial charge in [-0.25, -0.2) is 9.18 Å². The summed E-state index contributed by atoms with van der Waals surface area (Å²) in [4.78, 5) is 10.7. The summed E-state index contributed by atoms with van der Waals surface area (Å²) in [6.07, 6.45) is -1.29. The molecule has 1 aromatic rings. The van der Waals surface area contributed by atoms with E-state index in [-0.39, 0.29) is 11.3 Å². The van der Waals surface area contributed by atoms with Crippen LogP contribution in [0, 0.1) is 5.82 Å². The molecule has 0 aromatic heterocycles. The summed E-state index contributed by atoms with van der Waals surface area (Å²) < 4.78 is 18.1. The van der Waals surface area contributed by atoms with Crippen LogP contribution in [0.2, 0.25) is 0 Å². The van der Waals surface area contributed by atoms with Gasteiger partial charge in [0.05, 0.1) is 7.11 Å². The first-order valence-electron chi connectivity index (χ1n) is 4.78. The Morgan fingerprint density at radius 2 is 2.19 bits per heavy atom. The van der Waals surface area contributed by atoms with E-state index in [0.717, 1.165) is 12.1 Å². The minimum absolute atomic E-state index is 0.0341. The van der Waals surface area contributed by atoms with E-state index in [4.69, 9.17) is 9.84 Å². The number of rotatable bonds is 4. The first kappa shape index (κ1) is 12.4. The van der Waals surface area contributed by atoms with Crippen molar-refractivity contribution >= 4 is 5.97 Å². The highest BCUT2D eigenvalue weighted by atomic mass is 19.1. The van der Waals surface area contributed by atoms with Crippen LogP contribution in [-0.4, -0.2) is 23.3 Å². The lowest BCUT2D eigenvalue weighted by molar-refractivity contribution is -0.147. The largest absolute Gasteiger partial charge is 0.496 e. The number of benzene rings is 1. The molecule has 1 aromatic carbocycles. The quantitative estimate of drug-likeness (QED) is 0.819. The Labute approximate surface area is 92.3 Å². The van der Waals surface area contributed by atoms with Gasteiger partial charge in [0.2, 0.25) is 0 Å². The van der Waals surface area contributed by atoms with Crippen LogP contribution in [0.3, 0.4) is 0 Å². The Balaban J connectivity index is 3.35. The highest BCUT2D eigenvalue weighted by Crippen LogP contribution is 2.29. The Morgan fingerprint density at radius 3 is 2.62 bits per heavy atom. The van der Waals surface area contributed by atoms with E-state index in [0.29, 0.717) is 12.0 Å². The normalized spacial score (nSPS) is 12.2. The zero-order chi connectivity index (χ0) is 12.3.